The van der Waals surface area contributed by atoms with Crippen molar-refractivity contribution < 1.29 is 26.7 Å². The van der Waals surface area contributed by atoms with Crippen LogP contribution in [0, 0.1) is 17.6 Å². The van der Waals surface area contributed by atoms with Crippen molar-refractivity contribution in [2.24, 2.45) is 5.92 Å². The molecule has 6 nitrogen and oxygen atoms in total. The van der Waals surface area contributed by atoms with E-state index in [0.29, 0.717) is 24.6 Å². The lowest BCUT2D eigenvalue weighted by Crippen LogP contribution is -2.41. The van der Waals surface area contributed by atoms with Crippen LogP contribution in [-0.2, 0) is 14.8 Å². The van der Waals surface area contributed by atoms with Gasteiger partial charge in [-0.15, -0.1) is 0 Å². The highest BCUT2D eigenvalue weighted by Gasteiger charge is 2.33. The third-order valence-corrected chi connectivity index (χ3v) is 7.98. The first kappa shape index (κ1) is 22.7. The van der Waals surface area contributed by atoms with Crippen molar-refractivity contribution in [2.75, 3.05) is 18.4 Å². The molecule has 4 rings (SSSR count). The largest absolute Gasteiger partial charge is 0.490 e. The SMILES string of the molecule is O=C(Nc1ccc(OC2CCCC2)cc1)C1CCN(S(=O)(=O)c2cc(F)ccc2F)CC1. The third-order valence-electron chi connectivity index (χ3n) is 6.06. The van der Waals surface area contributed by atoms with E-state index in [0.717, 1.165) is 35.0 Å². The number of piperidine rings is 1. The second-order valence-corrected chi connectivity index (χ2v) is 10.2. The van der Waals surface area contributed by atoms with Gasteiger partial charge in [-0.3, -0.25) is 4.79 Å². The summed E-state index contributed by atoms with van der Waals surface area (Å²) in [6, 6.07) is 9.59. The van der Waals surface area contributed by atoms with E-state index < -0.39 is 26.6 Å². The number of benzene rings is 2. The number of ether oxygens (including phenoxy) is 1. The number of rotatable bonds is 6. The van der Waals surface area contributed by atoms with E-state index in [2.05, 4.69) is 5.32 Å². The number of sulfonamides is 1. The minimum Gasteiger partial charge on any atom is -0.490 e. The lowest BCUT2D eigenvalue weighted by Gasteiger charge is -2.30. The van der Waals surface area contributed by atoms with E-state index in [1.807, 2.05) is 12.1 Å². The van der Waals surface area contributed by atoms with Gasteiger partial charge in [0.05, 0.1) is 6.10 Å². The Morgan fingerprint density at radius 1 is 0.969 bits per heavy atom. The fraction of sp³-hybridized carbons (Fsp3) is 0.435. The van der Waals surface area contributed by atoms with Gasteiger partial charge in [-0.25, -0.2) is 17.2 Å². The van der Waals surface area contributed by atoms with Crippen LogP contribution in [0.25, 0.3) is 0 Å². The topological polar surface area (TPSA) is 75.7 Å². The van der Waals surface area contributed by atoms with Gasteiger partial charge in [0, 0.05) is 24.7 Å². The summed E-state index contributed by atoms with van der Waals surface area (Å²) in [4.78, 5) is 12.0. The van der Waals surface area contributed by atoms with Crippen molar-refractivity contribution in [1.29, 1.82) is 0 Å². The average molecular weight is 465 g/mol. The summed E-state index contributed by atoms with van der Waals surface area (Å²) in [7, 11) is -4.17. The number of anilines is 1. The van der Waals surface area contributed by atoms with Crippen molar-refractivity contribution in [3.8, 4) is 5.75 Å². The molecule has 32 heavy (non-hydrogen) atoms. The van der Waals surface area contributed by atoms with Crippen molar-refractivity contribution in [3.05, 3.63) is 54.1 Å². The van der Waals surface area contributed by atoms with Crippen LogP contribution in [0.1, 0.15) is 38.5 Å². The standard InChI is InChI=1S/C23H26F2N2O4S/c24-17-5-10-21(25)22(15-17)32(29,30)27-13-11-16(12-14-27)23(28)26-18-6-8-20(9-7-18)31-19-3-1-2-4-19/h5-10,15-16,19H,1-4,11-14H2,(H,26,28). The molecular weight excluding hydrogens is 438 g/mol. The van der Waals surface area contributed by atoms with Crippen molar-refractivity contribution in [3.63, 3.8) is 0 Å². The number of nitrogens with zero attached hydrogens (tertiary/aromatic N) is 1. The number of hydrogen-bond acceptors (Lipinski definition) is 4. The Bertz CT molecular complexity index is 1060. The molecule has 172 valence electrons. The molecule has 9 heteroatoms. The van der Waals surface area contributed by atoms with Crippen LogP contribution in [0.5, 0.6) is 5.75 Å². The number of carbonyl (C=O) groups is 1. The van der Waals surface area contributed by atoms with Crippen LogP contribution in [-0.4, -0.2) is 37.8 Å². The fourth-order valence-electron chi connectivity index (χ4n) is 4.23. The summed E-state index contributed by atoms with van der Waals surface area (Å²) in [5.74, 6) is -1.60. The zero-order valence-corrected chi connectivity index (χ0v) is 18.4. The fourth-order valence-corrected chi connectivity index (χ4v) is 5.78. The summed E-state index contributed by atoms with van der Waals surface area (Å²) in [5.41, 5.74) is 0.644. The minimum absolute atomic E-state index is 0.0601. The third kappa shape index (κ3) is 5.10. The van der Waals surface area contributed by atoms with Gasteiger partial charge in [-0.05, 0) is 81.0 Å². The van der Waals surface area contributed by atoms with E-state index in [1.54, 1.807) is 12.1 Å². The van der Waals surface area contributed by atoms with Gasteiger partial charge in [0.25, 0.3) is 0 Å². The normalized spacial score (nSPS) is 18.6. The predicted molar refractivity (Wildman–Crippen MR) is 116 cm³/mol. The molecule has 1 saturated carbocycles. The van der Waals surface area contributed by atoms with Crippen LogP contribution in [0.4, 0.5) is 14.5 Å². The van der Waals surface area contributed by atoms with Crippen LogP contribution in [0.2, 0.25) is 0 Å². The van der Waals surface area contributed by atoms with Crippen molar-refractivity contribution in [2.45, 2.75) is 49.5 Å². The molecule has 1 amide bonds. The number of halogens is 2. The predicted octanol–water partition coefficient (Wildman–Crippen LogP) is 4.33. The van der Waals surface area contributed by atoms with Gasteiger partial charge in [-0.2, -0.15) is 4.31 Å². The quantitative estimate of drug-likeness (QED) is 0.691. The van der Waals surface area contributed by atoms with E-state index in [4.69, 9.17) is 4.74 Å². The van der Waals surface area contributed by atoms with E-state index >= 15 is 0 Å². The summed E-state index contributed by atoms with van der Waals surface area (Å²) in [5, 5.41) is 2.86. The lowest BCUT2D eigenvalue weighted by atomic mass is 9.97. The van der Waals surface area contributed by atoms with Gasteiger partial charge in [0.1, 0.15) is 22.3 Å². The molecule has 2 aliphatic rings. The first-order valence-corrected chi connectivity index (χ1v) is 12.3. The van der Waals surface area contributed by atoms with Crippen molar-refractivity contribution >= 4 is 21.6 Å². The van der Waals surface area contributed by atoms with E-state index in [1.165, 1.54) is 12.8 Å². The highest BCUT2D eigenvalue weighted by Crippen LogP contribution is 2.28. The molecular formula is C23H26F2N2O4S. The van der Waals surface area contributed by atoms with Crippen LogP contribution < -0.4 is 10.1 Å². The number of nitrogens with one attached hydrogen (secondary N) is 1. The second-order valence-electron chi connectivity index (χ2n) is 8.29. The Hall–Kier alpha value is -2.52. The number of amides is 1. The molecule has 1 N–H and O–H groups in total. The molecule has 0 bridgehead atoms. The highest BCUT2D eigenvalue weighted by atomic mass is 32.2. The molecule has 2 aromatic carbocycles. The van der Waals surface area contributed by atoms with Gasteiger partial charge in [-0.1, -0.05) is 0 Å². The first-order valence-electron chi connectivity index (χ1n) is 10.9. The number of hydrogen-bond donors (Lipinski definition) is 1. The maximum absolute atomic E-state index is 14.0. The monoisotopic (exact) mass is 464 g/mol. The zero-order valence-electron chi connectivity index (χ0n) is 17.6. The molecule has 1 heterocycles. The van der Waals surface area contributed by atoms with Gasteiger partial charge in [0.2, 0.25) is 15.9 Å². The van der Waals surface area contributed by atoms with Crippen LogP contribution >= 0.6 is 0 Å². The first-order chi connectivity index (χ1) is 15.3. The highest BCUT2D eigenvalue weighted by molar-refractivity contribution is 7.89. The summed E-state index contributed by atoms with van der Waals surface area (Å²) in [6.45, 7) is 0.120. The molecule has 2 fully saturated rings. The Kier molecular flexibility index (Phi) is 6.76. The molecule has 0 unspecified atom stereocenters. The molecule has 0 atom stereocenters. The maximum atomic E-state index is 14.0. The smallest absolute Gasteiger partial charge is 0.246 e. The zero-order chi connectivity index (χ0) is 22.7. The summed E-state index contributed by atoms with van der Waals surface area (Å²) in [6.07, 6.45) is 5.37. The molecule has 2 aromatic rings. The van der Waals surface area contributed by atoms with E-state index in [9.17, 15) is 22.0 Å². The minimum atomic E-state index is -4.17. The molecule has 1 aliphatic carbocycles. The van der Waals surface area contributed by atoms with Crippen molar-refractivity contribution in [1.82, 2.24) is 4.31 Å². The summed E-state index contributed by atoms with van der Waals surface area (Å²) >= 11 is 0. The van der Waals surface area contributed by atoms with Gasteiger partial charge < -0.3 is 10.1 Å². The molecule has 1 saturated heterocycles. The molecule has 0 spiro atoms. The Balaban J connectivity index is 1.32. The van der Waals surface area contributed by atoms with E-state index in [-0.39, 0.29) is 31.0 Å². The van der Waals surface area contributed by atoms with Crippen LogP contribution in [0.15, 0.2) is 47.4 Å². The number of carbonyl (C=O) groups excluding carboxylic acids is 1. The van der Waals surface area contributed by atoms with Gasteiger partial charge in [0.15, 0.2) is 0 Å². The summed E-state index contributed by atoms with van der Waals surface area (Å²) < 4.78 is 59.8. The lowest BCUT2D eigenvalue weighted by molar-refractivity contribution is -0.120. The molecule has 0 radical (unpaired) electrons. The maximum Gasteiger partial charge on any atom is 0.246 e. The molecule has 1 aliphatic heterocycles. The Labute approximate surface area is 186 Å². The Morgan fingerprint density at radius 2 is 1.62 bits per heavy atom. The second kappa shape index (κ2) is 9.54. The van der Waals surface area contributed by atoms with Crippen LogP contribution in [0.3, 0.4) is 0 Å². The molecule has 0 aromatic heterocycles. The Morgan fingerprint density at radius 3 is 2.28 bits per heavy atom. The average Bonchev–Trinajstić information content (AvgIpc) is 3.30. The van der Waals surface area contributed by atoms with Gasteiger partial charge >= 0.3 is 0 Å².